The third-order valence-electron chi connectivity index (χ3n) is 4.84. The summed E-state index contributed by atoms with van der Waals surface area (Å²) in [5.41, 5.74) is 4.75. The molecule has 1 aliphatic heterocycles. The fraction of sp³-hybridized carbons (Fsp3) is 0.389. The summed E-state index contributed by atoms with van der Waals surface area (Å²) in [6.45, 7) is 4.57. The molecular formula is C18H21N5O3S. The van der Waals surface area contributed by atoms with Crippen LogP contribution in [0.25, 0.3) is 22.8 Å². The lowest BCUT2D eigenvalue weighted by Gasteiger charge is -2.18. The molecule has 1 aromatic carbocycles. The number of aryl methyl sites for hydroxylation is 2. The van der Waals surface area contributed by atoms with E-state index in [9.17, 15) is 8.42 Å². The maximum atomic E-state index is 11.9. The van der Waals surface area contributed by atoms with Crippen molar-refractivity contribution in [3.05, 3.63) is 41.2 Å². The van der Waals surface area contributed by atoms with Crippen LogP contribution in [0.2, 0.25) is 0 Å². The fourth-order valence-electron chi connectivity index (χ4n) is 3.55. The molecular weight excluding hydrogens is 366 g/mol. The summed E-state index contributed by atoms with van der Waals surface area (Å²) in [6, 6.07) is 7.67. The number of hydrogen-bond donors (Lipinski definition) is 1. The molecule has 9 heteroatoms. The highest BCUT2D eigenvalue weighted by Gasteiger charge is 2.35. The number of nitrogens with zero attached hydrogens (tertiary/aromatic N) is 4. The van der Waals surface area contributed by atoms with Gasteiger partial charge in [0.15, 0.2) is 5.82 Å². The van der Waals surface area contributed by atoms with Gasteiger partial charge >= 0.3 is 0 Å². The molecule has 1 aliphatic rings. The Kier molecular flexibility index (Phi) is 4.35. The topological polar surface area (TPSA) is 105 Å². The molecule has 0 bridgehead atoms. The third-order valence-corrected chi connectivity index (χ3v) is 6.12. The van der Waals surface area contributed by atoms with E-state index in [2.05, 4.69) is 33.3 Å². The number of nitrogens with one attached hydrogen (secondary N) is 1. The minimum atomic E-state index is -3.30. The zero-order valence-corrected chi connectivity index (χ0v) is 16.2. The Bertz CT molecular complexity index is 1090. The van der Waals surface area contributed by atoms with Gasteiger partial charge in [-0.1, -0.05) is 28.9 Å². The molecule has 27 heavy (non-hydrogen) atoms. The third kappa shape index (κ3) is 3.40. The number of benzene rings is 1. The van der Waals surface area contributed by atoms with Crippen molar-refractivity contribution in [3.8, 4) is 22.8 Å². The van der Waals surface area contributed by atoms with Crippen LogP contribution in [-0.4, -0.2) is 45.9 Å². The van der Waals surface area contributed by atoms with Gasteiger partial charge in [0.25, 0.3) is 5.89 Å². The van der Waals surface area contributed by atoms with E-state index in [1.807, 2.05) is 25.1 Å². The SMILES string of the molecule is Cc1ccc(-c2cc(-c3nc(C4CCCN4S(C)(=O)=O)no3)[nH]n2)c(C)c1. The molecule has 3 aromatic rings. The summed E-state index contributed by atoms with van der Waals surface area (Å²) in [7, 11) is -3.30. The van der Waals surface area contributed by atoms with Crippen molar-refractivity contribution < 1.29 is 12.9 Å². The first-order valence-corrected chi connectivity index (χ1v) is 10.6. The Hall–Kier alpha value is -2.52. The van der Waals surface area contributed by atoms with Crippen LogP contribution < -0.4 is 0 Å². The van der Waals surface area contributed by atoms with E-state index in [0.29, 0.717) is 30.4 Å². The van der Waals surface area contributed by atoms with Gasteiger partial charge in [-0.2, -0.15) is 14.4 Å². The average molecular weight is 387 g/mol. The predicted octanol–water partition coefficient (Wildman–Crippen LogP) is 2.84. The fourth-order valence-corrected chi connectivity index (χ4v) is 4.67. The number of aromatic nitrogens is 4. The molecule has 0 aliphatic carbocycles. The van der Waals surface area contributed by atoms with Gasteiger partial charge in [0.2, 0.25) is 10.0 Å². The largest absolute Gasteiger partial charge is 0.332 e. The van der Waals surface area contributed by atoms with E-state index >= 15 is 0 Å². The molecule has 1 unspecified atom stereocenters. The summed E-state index contributed by atoms with van der Waals surface area (Å²) >= 11 is 0. The maximum absolute atomic E-state index is 11.9. The minimum absolute atomic E-state index is 0.300. The van der Waals surface area contributed by atoms with Gasteiger partial charge in [-0.25, -0.2) is 8.42 Å². The van der Waals surface area contributed by atoms with E-state index < -0.39 is 10.0 Å². The summed E-state index contributed by atoms with van der Waals surface area (Å²) in [4.78, 5) is 4.41. The quantitative estimate of drug-likeness (QED) is 0.738. The Morgan fingerprint density at radius 3 is 2.81 bits per heavy atom. The monoisotopic (exact) mass is 387 g/mol. The molecule has 1 saturated heterocycles. The van der Waals surface area contributed by atoms with Crippen molar-refractivity contribution in [2.75, 3.05) is 12.8 Å². The second-order valence-electron chi connectivity index (χ2n) is 6.97. The molecule has 1 fully saturated rings. The maximum Gasteiger partial charge on any atom is 0.276 e. The van der Waals surface area contributed by atoms with Gasteiger partial charge in [-0.3, -0.25) is 5.10 Å². The molecule has 142 valence electrons. The van der Waals surface area contributed by atoms with Crippen LogP contribution in [0.1, 0.15) is 35.8 Å². The summed E-state index contributed by atoms with van der Waals surface area (Å²) in [6.07, 6.45) is 2.67. The van der Waals surface area contributed by atoms with Crippen LogP contribution in [-0.2, 0) is 10.0 Å². The highest BCUT2D eigenvalue weighted by molar-refractivity contribution is 7.88. The van der Waals surface area contributed by atoms with Gasteiger partial charge in [-0.15, -0.1) is 0 Å². The second kappa shape index (κ2) is 6.58. The van der Waals surface area contributed by atoms with Gasteiger partial charge in [-0.05, 0) is 38.3 Å². The number of hydrogen-bond acceptors (Lipinski definition) is 6. The Labute approximate surface area is 157 Å². The predicted molar refractivity (Wildman–Crippen MR) is 100 cm³/mol. The van der Waals surface area contributed by atoms with Crippen molar-refractivity contribution in [2.45, 2.75) is 32.7 Å². The van der Waals surface area contributed by atoms with Crippen molar-refractivity contribution in [2.24, 2.45) is 0 Å². The normalized spacial score (nSPS) is 18.3. The zero-order chi connectivity index (χ0) is 19.2. The molecule has 0 amide bonds. The van der Waals surface area contributed by atoms with Crippen LogP contribution in [0.15, 0.2) is 28.8 Å². The van der Waals surface area contributed by atoms with Crippen molar-refractivity contribution in [1.29, 1.82) is 0 Å². The van der Waals surface area contributed by atoms with Crippen molar-refractivity contribution in [3.63, 3.8) is 0 Å². The lowest BCUT2D eigenvalue weighted by molar-refractivity contribution is 0.360. The average Bonchev–Trinajstić information content (AvgIpc) is 3.33. The lowest BCUT2D eigenvalue weighted by atomic mass is 10.0. The molecule has 2 aromatic heterocycles. The Morgan fingerprint density at radius 2 is 2.07 bits per heavy atom. The van der Waals surface area contributed by atoms with Gasteiger partial charge in [0.1, 0.15) is 5.69 Å². The highest BCUT2D eigenvalue weighted by Crippen LogP contribution is 2.33. The van der Waals surface area contributed by atoms with Crippen molar-refractivity contribution >= 4 is 10.0 Å². The number of rotatable bonds is 4. The van der Waals surface area contributed by atoms with Gasteiger partial charge in [0.05, 0.1) is 18.0 Å². The van der Waals surface area contributed by atoms with E-state index in [0.717, 1.165) is 23.2 Å². The van der Waals surface area contributed by atoms with E-state index in [-0.39, 0.29) is 6.04 Å². The summed E-state index contributed by atoms with van der Waals surface area (Å²) in [5.74, 6) is 0.685. The van der Waals surface area contributed by atoms with Crippen LogP contribution in [0, 0.1) is 13.8 Å². The molecule has 0 radical (unpaired) electrons. The summed E-state index contributed by atoms with van der Waals surface area (Å²) < 4.78 is 30.7. The van der Waals surface area contributed by atoms with Crippen LogP contribution in [0.3, 0.4) is 0 Å². The Balaban J connectivity index is 1.62. The van der Waals surface area contributed by atoms with Gasteiger partial charge < -0.3 is 4.52 Å². The molecule has 0 spiro atoms. The summed E-state index contributed by atoms with van der Waals surface area (Å²) in [5, 5.41) is 11.3. The first-order chi connectivity index (χ1) is 12.8. The Morgan fingerprint density at radius 1 is 1.26 bits per heavy atom. The number of aromatic amines is 1. The molecule has 8 nitrogen and oxygen atoms in total. The smallest absolute Gasteiger partial charge is 0.276 e. The number of sulfonamides is 1. The molecule has 3 heterocycles. The highest BCUT2D eigenvalue weighted by atomic mass is 32.2. The first-order valence-electron chi connectivity index (χ1n) is 8.77. The number of H-pyrrole nitrogens is 1. The molecule has 0 saturated carbocycles. The first kappa shape index (κ1) is 17.9. The standard InChI is InChI=1S/C18H21N5O3S/c1-11-6-7-13(12(2)9-11)14-10-15(21-20-14)18-19-17(22-26-18)16-5-4-8-23(16)27(3,24)25/h6-7,9-10,16H,4-5,8H2,1-3H3,(H,20,21). The molecule has 4 rings (SSSR count). The lowest BCUT2D eigenvalue weighted by Crippen LogP contribution is -2.30. The van der Waals surface area contributed by atoms with Crippen LogP contribution in [0.5, 0.6) is 0 Å². The zero-order valence-electron chi connectivity index (χ0n) is 15.4. The van der Waals surface area contributed by atoms with Crippen LogP contribution in [0.4, 0.5) is 0 Å². The second-order valence-corrected chi connectivity index (χ2v) is 8.91. The van der Waals surface area contributed by atoms with Gasteiger partial charge in [0, 0.05) is 12.1 Å². The van der Waals surface area contributed by atoms with E-state index in [4.69, 9.17) is 4.52 Å². The van der Waals surface area contributed by atoms with E-state index in [1.165, 1.54) is 16.1 Å². The molecule has 1 atom stereocenters. The van der Waals surface area contributed by atoms with Crippen LogP contribution >= 0.6 is 0 Å². The molecule has 1 N–H and O–H groups in total. The van der Waals surface area contributed by atoms with E-state index in [1.54, 1.807) is 0 Å². The minimum Gasteiger partial charge on any atom is -0.332 e. The van der Waals surface area contributed by atoms with Crippen molar-refractivity contribution in [1.82, 2.24) is 24.6 Å².